The van der Waals surface area contributed by atoms with Gasteiger partial charge in [0.25, 0.3) is 5.91 Å². The number of hydrogen-bond acceptors (Lipinski definition) is 2. The molecule has 0 aliphatic rings. The molecular formula is C21H31NO3. The molecule has 2 N–H and O–H groups in total. The van der Waals surface area contributed by atoms with Crippen molar-refractivity contribution in [3.05, 3.63) is 41.5 Å². The Balaban J connectivity index is 2.24. The molecule has 0 aliphatic heterocycles. The van der Waals surface area contributed by atoms with Crippen LogP contribution in [0.1, 0.15) is 80.6 Å². The van der Waals surface area contributed by atoms with Crippen LogP contribution in [-0.2, 0) is 4.79 Å². The molecule has 0 aliphatic carbocycles. The van der Waals surface area contributed by atoms with Crippen LogP contribution in [0.4, 0.5) is 0 Å². The average molecular weight is 345 g/mol. The predicted molar refractivity (Wildman–Crippen MR) is 103 cm³/mol. The maximum atomic E-state index is 11.9. The van der Waals surface area contributed by atoms with Gasteiger partial charge in [0.05, 0.1) is 0 Å². The van der Waals surface area contributed by atoms with Crippen molar-refractivity contribution in [1.29, 1.82) is 0 Å². The number of carbonyl (C=O) groups excluding carboxylic acids is 1. The van der Waals surface area contributed by atoms with E-state index in [0.717, 1.165) is 12.0 Å². The number of amides is 1. The second-order valence-electron chi connectivity index (χ2n) is 6.33. The molecule has 0 saturated heterocycles. The molecular weight excluding hydrogens is 314 g/mol. The molecule has 4 nitrogen and oxygen atoms in total. The smallest absolute Gasteiger partial charge is 0.303 e. The van der Waals surface area contributed by atoms with E-state index in [0.29, 0.717) is 18.5 Å². The minimum Gasteiger partial charge on any atom is -0.481 e. The van der Waals surface area contributed by atoms with E-state index in [4.69, 9.17) is 5.11 Å². The Kier molecular flexibility index (Phi) is 11.1. The van der Waals surface area contributed by atoms with Gasteiger partial charge < -0.3 is 10.4 Å². The second-order valence-corrected chi connectivity index (χ2v) is 6.33. The van der Waals surface area contributed by atoms with Crippen LogP contribution in [0.5, 0.6) is 0 Å². The predicted octanol–water partition coefficient (Wildman–Crippen LogP) is 5.05. The van der Waals surface area contributed by atoms with Crippen LogP contribution in [0.15, 0.2) is 30.3 Å². The molecule has 1 aromatic rings. The van der Waals surface area contributed by atoms with Crippen LogP contribution >= 0.6 is 0 Å². The minimum absolute atomic E-state index is 0.0720. The van der Waals surface area contributed by atoms with Crippen LogP contribution in [-0.4, -0.2) is 23.5 Å². The molecule has 0 heterocycles. The molecule has 1 rings (SSSR count). The highest BCUT2D eigenvalue weighted by Gasteiger charge is 2.04. The fourth-order valence-electron chi connectivity index (χ4n) is 2.55. The minimum atomic E-state index is -0.841. The highest BCUT2D eigenvalue weighted by Crippen LogP contribution is 2.10. The summed E-state index contributed by atoms with van der Waals surface area (Å²) in [7, 11) is 0. The van der Waals surface area contributed by atoms with E-state index in [1.54, 1.807) is 12.1 Å². The first-order valence-corrected chi connectivity index (χ1v) is 9.40. The van der Waals surface area contributed by atoms with E-state index >= 15 is 0 Å². The standard InChI is InChI=1S/C21H31NO3/c1-2-3-4-5-6-7-8-9-11-18-13-15-19(16-14-18)21(25)22-17-10-12-20(23)24/h9,11,13-16H,2-8,10,12,17H2,1H3,(H,22,25)(H,23,24)/b11-9+. The summed E-state index contributed by atoms with van der Waals surface area (Å²) in [5, 5.41) is 11.3. The van der Waals surface area contributed by atoms with Crippen molar-refractivity contribution in [2.75, 3.05) is 6.54 Å². The van der Waals surface area contributed by atoms with Crippen molar-refractivity contribution in [3.63, 3.8) is 0 Å². The number of unbranched alkanes of at least 4 members (excludes halogenated alkanes) is 6. The van der Waals surface area contributed by atoms with Gasteiger partial charge in [-0.3, -0.25) is 9.59 Å². The van der Waals surface area contributed by atoms with Crippen LogP contribution in [0.25, 0.3) is 6.08 Å². The summed E-state index contributed by atoms with van der Waals surface area (Å²) >= 11 is 0. The van der Waals surface area contributed by atoms with E-state index < -0.39 is 5.97 Å². The van der Waals surface area contributed by atoms with Crippen LogP contribution < -0.4 is 5.32 Å². The molecule has 0 aromatic heterocycles. The van der Waals surface area contributed by atoms with Gasteiger partial charge >= 0.3 is 5.97 Å². The lowest BCUT2D eigenvalue weighted by molar-refractivity contribution is -0.137. The Morgan fingerprint density at radius 3 is 2.36 bits per heavy atom. The molecule has 25 heavy (non-hydrogen) atoms. The summed E-state index contributed by atoms with van der Waals surface area (Å²) < 4.78 is 0. The third-order valence-corrected chi connectivity index (χ3v) is 4.06. The Bertz CT molecular complexity index is 535. The molecule has 1 amide bonds. The fourth-order valence-corrected chi connectivity index (χ4v) is 2.55. The average Bonchev–Trinajstić information content (AvgIpc) is 2.61. The number of nitrogens with one attached hydrogen (secondary N) is 1. The van der Waals surface area contributed by atoms with Crippen molar-refractivity contribution in [1.82, 2.24) is 5.32 Å². The highest BCUT2D eigenvalue weighted by atomic mass is 16.4. The van der Waals surface area contributed by atoms with Crippen molar-refractivity contribution < 1.29 is 14.7 Å². The molecule has 4 heteroatoms. The number of carboxylic acid groups (broad SMARTS) is 1. The third-order valence-electron chi connectivity index (χ3n) is 4.06. The van der Waals surface area contributed by atoms with Gasteiger partial charge in [0.15, 0.2) is 0 Å². The number of carbonyl (C=O) groups is 2. The zero-order chi connectivity index (χ0) is 18.3. The number of carboxylic acids is 1. The van der Waals surface area contributed by atoms with E-state index in [1.165, 1.54) is 38.5 Å². The van der Waals surface area contributed by atoms with E-state index in [9.17, 15) is 9.59 Å². The molecule has 0 unspecified atom stereocenters. The van der Waals surface area contributed by atoms with Gasteiger partial charge in [0.1, 0.15) is 0 Å². The van der Waals surface area contributed by atoms with E-state index in [1.807, 2.05) is 12.1 Å². The number of hydrogen-bond donors (Lipinski definition) is 2. The van der Waals surface area contributed by atoms with Gasteiger partial charge in [-0.15, -0.1) is 0 Å². The molecule has 0 fully saturated rings. The zero-order valence-electron chi connectivity index (χ0n) is 15.3. The Morgan fingerprint density at radius 1 is 1.00 bits per heavy atom. The number of allylic oxidation sites excluding steroid dienone is 1. The number of benzene rings is 1. The number of aliphatic carboxylic acids is 1. The van der Waals surface area contributed by atoms with Crippen LogP contribution in [0.3, 0.4) is 0 Å². The molecule has 0 spiro atoms. The molecule has 0 saturated carbocycles. The van der Waals surface area contributed by atoms with Gasteiger partial charge in [0.2, 0.25) is 0 Å². The van der Waals surface area contributed by atoms with Crippen LogP contribution in [0, 0.1) is 0 Å². The maximum Gasteiger partial charge on any atom is 0.303 e. The van der Waals surface area contributed by atoms with Crippen molar-refractivity contribution >= 4 is 18.0 Å². The Labute approximate surface area is 151 Å². The lowest BCUT2D eigenvalue weighted by Crippen LogP contribution is -2.24. The SMILES string of the molecule is CCCCCCCC/C=C/c1ccc(C(=O)NCCCC(=O)O)cc1. The summed E-state index contributed by atoms with van der Waals surface area (Å²) in [5.41, 5.74) is 1.69. The topological polar surface area (TPSA) is 66.4 Å². The lowest BCUT2D eigenvalue weighted by atomic mass is 10.1. The normalized spacial score (nSPS) is 10.9. The number of rotatable bonds is 13. The van der Waals surface area contributed by atoms with Gasteiger partial charge in [-0.05, 0) is 37.0 Å². The highest BCUT2D eigenvalue weighted by molar-refractivity contribution is 5.94. The summed E-state index contributed by atoms with van der Waals surface area (Å²) in [4.78, 5) is 22.4. The van der Waals surface area contributed by atoms with Crippen molar-refractivity contribution in [2.24, 2.45) is 0 Å². The zero-order valence-corrected chi connectivity index (χ0v) is 15.3. The summed E-state index contributed by atoms with van der Waals surface area (Å²) in [6.45, 7) is 2.61. The molecule has 0 radical (unpaired) electrons. The Hall–Kier alpha value is -2.10. The second kappa shape index (κ2) is 13.2. The molecule has 0 bridgehead atoms. The van der Waals surface area contributed by atoms with Gasteiger partial charge in [-0.2, -0.15) is 0 Å². The lowest BCUT2D eigenvalue weighted by Gasteiger charge is -2.04. The quantitative estimate of drug-likeness (QED) is 0.492. The largest absolute Gasteiger partial charge is 0.481 e. The fraction of sp³-hybridized carbons (Fsp3) is 0.524. The monoisotopic (exact) mass is 345 g/mol. The Morgan fingerprint density at radius 2 is 1.68 bits per heavy atom. The van der Waals surface area contributed by atoms with E-state index in [2.05, 4.69) is 24.4 Å². The molecule has 0 atom stereocenters. The van der Waals surface area contributed by atoms with Crippen molar-refractivity contribution in [3.8, 4) is 0 Å². The third kappa shape index (κ3) is 10.4. The van der Waals surface area contributed by atoms with Gasteiger partial charge in [-0.1, -0.05) is 63.3 Å². The maximum absolute atomic E-state index is 11.9. The molecule has 138 valence electrons. The first-order valence-electron chi connectivity index (χ1n) is 9.40. The summed E-state index contributed by atoms with van der Waals surface area (Å²) in [6, 6.07) is 7.47. The van der Waals surface area contributed by atoms with Gasteiger partial charge in [-0.25, -0.2) is 0 Å². The molecule has 1 aromatic carbocycles. The first-order chi connectivity index (χ1) is 12.1. The van der Waals surface area contributed by atoms with Crippen molar-refractivity contribution in [2.45, 2.75) is 64.7 Å². The van der Waals surface area contributed by atoms with Gasteiger partial charge in [0, 0.05) is 18.5 Å². The van der Waals surface area contributed by atoms with E-state index in [-0.39, 0.29) is 12.3 Å². The summed E-state index contributed by atoms with van der Waals surface area (Å²) in [5.74, 6) is -1.00. The summed E-state index contributed by atoms with van der Waals surface area (Å²) in [6.07, 6.45) is 13.7. The van der Waals surface area contributed by atoms with Crippen LogP contribution in [0.2, 0.25) is 0 Å². The first kappa shape index (κ1) is 20.9.